The highest BCUT2D eigenvalue weighted by Crippen LogP contribution is 2.20. The quantitative estimate of drug-likeness (QED) is 0.626. The van der Waals surface area contributed by atoms with E-state index in [0.29, 0.717) is 18.7 Å². The second kappa shape index (κ2) is 5.11. The second-order valence-corrected chi connectivity index (χ2v) is 2.87. The zero-order valence-electron chi connectivity index (χ0n) is 8.05. The summed E-state index contributed by atoms with van der Waals surface area (Å²) in [4.78, 5) is 14.6. The molecule has 0 radical (unpaired) electrons. The Hall–Kier alpha value is -1.88. The molecule has 0 unspecified atom stereocenters. The molecule has 0 heterocycles. The van der Waals surface area contributed by atoms with Crippen LogP contribution in [0.5, 0.6) is 5.75 Å². The number of nitrogens with zero attached hydrogens (tertiary/aromatic N) is 1. The first kappa shape index (κ1) is 11.2. The van der Waals surface area contributed by atoms with E-state index in [1.165, 1.54) is 12.3 Å². The molecule has 0 saturated carbocycles. The van der Waals surface area contributed by atoms with E-state index in [4.69, 9.17) is 10.8 Å². The van der Waals surface area contributed by atoms with Crippen molar-refractivity contribution in [2.24, 2.45) is 10.7 Å². The van der Waals surface area contributed by atoms with E-state index >= 15 is 0 Å². The van der Waals surface area contributed by atoms with Gasteiger partial charge in [0.25, 0.3) is 0 Å². The summed E-state index contributed by atoms with van der Waals surface area (Å²) in [6.45, 7) is 0.854. The third-order valence-electron chi connectivity index (χ3n) is 1.79. The lowest BCUT2D eigenvalue weighted by molar-refractivity contribution is 0.0693. The van der Waals surface area contributed by atoms with Gasteiger partial charge in [-0.15, -0.1) is 0 Å². The highest BCUT2D eigenvalue weighted by Gasteiger charge is 2.11. The lowest BCUT2D eigenvalue weighted by Gasteiger charge is -2.02. The van der Waals surface area contributed by atoms with Crippen LogP contribution in [-0.4, -0.2) is 35.5 Å². The van der Waals surface area contributed by atoms with Crippen LogP contribution in [0.25, 0.3) is 0 Å². The molecule has 4 N–H and O–H groups in total. The van der Waals surface area contributed by atoms with E-state index in [9.17, 15) is 9.90 Å². The zero-order valence-corrected chi connectivity index (χ0v) is 8.05. The van der Waals surface area contributed by atoms with Crippen molar-refractivity contribution < 1.29 is 15.0 Å². The first-order chi connectivity index (χ1) is 7.16. The number of aromatic carboxylic acids is 1. The molecule has 0 aliphatic heterocycles. The molecule has 0 spiro atoms. The predicted octanol–water partition coefficient (Wildman–Crippen LogP) is 0.468. The van der Waals surface area contributed by atoms with E-state index in [2.05, 4.69) is 4.99 Å². The Morgan fingerprint density at radius 2 is 2.27 bits per heavy atom. The Labute approximate surface area is 86.9 Å². The molecule has 1 aromatic rings. The van der Waals surface area contributed by atoms with Gasteiger partial charge in [0.1, 0.15) is 11.3 Å². The number of carbonyl (C=O) groups is 1. The minimum Gasteiger partial charge on any atom is -0.506 e. The number of hydrogen-bond acceptors (Lipinski definition) is 4. The summed E-state index contributed by atoms with van der Waals surface area (Å²) in [5, 5.41) is 18.3. The summed E-state index contributed by atoms with van der Waals surface area (Å²) in [5.41, 5.74) is 5.48. The molecular weight excluding hydrogens is 196 g/mol. The van der Waals surface area contributed by atoms with E-state index in [1.807, 2.05) is 0 Å². The Balaban J connectivity index is 2.99. The average molecular weight is 208 g/mol. The first-order valence-corrected chi connectivity index (χ1v) is 4.42. The van der Waals surface area contributed by atoms with Crippen molar-refractivity contribution in [3.8, 4) is 5.75 Å². The minimum absolute atomic E-state index is 0.133. The molecule has 0 aliphatic carbocycles. The normalized spacial score (nSPS) is 10.7. The van der Waals surface area contributed by atoms with Crippen molar-refractivity contribution in [1.82, 2.24) is 0 Å². The van der Waals surface area contributed by atoms with Crippen LogP contribution in [0.2, 0.25) is 0 Å². The molecule has 0 atom stereocenters. The molecule has 1 aromatic carbocycles. The van der Waals surface area contributed by atoms with Gasteiger partial charge in [-0.25, -0.2) is 4.79 Å². The molecule has 1 rings (SSSR count). The number of benzene rings is 1. The summed E-state index contributed by atoms with van der Waals surface area (Å²) in [7, 11) is 0. The van der Waals surface area contributed by atoms with Gasteiger partial charge in [-0.2, -0.15) is 0 Å². The van der Waals surface area contributed by atoms with Crippen molar-refractivity contribution in [3.63, 3.8) is 0 Å². The van der Waals surface area contributed by atoms with Gasteiger partial charge in [-0.1, -0.05) is 6.07 Å². The van der Waals surface area contributed by atoms with Gasteiger partial charge in [0.2, 0.25) is 0 Å². The third kappa shape index (κ3) is 2.78. The van der Waals surface area contributed by atoms with Gasteiger partial charge >= 0.3 is 5.97 Å². The van der Waals surface area contributed by atoms with Crippen molar-refractivity contribution in [3.05, 3.63) is 29.3 Å². The van der Waals surface area contributed by atoms with Gasteiger partial charge in [0.15, 0.2) is 0 Å². The van der Waals surface area contributed by atoms with Gasteiger partial charge in [-0.05, 0) is 12.1 Å². The number of para-hydroxylation sites is 1. The Morgan fingerprint density at radius 3 is 2.87 bits per heavy atom. The predicted molar refractivity (Wildman–Crippen MR) is 56.6 cm³/mol. The Bertz CT molecular complexity index is 388. The molecular formula is C10H12N2O3. The number of nitrogens with two attached hydrogens (primary N) is 1. The van der Waals surface area contributed by atoms with Gasteiger partial charge in [0, 0.05) is 18.3 Å². The molecule has 5 nitrogen and oxygen atoms in total. The lowest BCUT2D eigenvalue weighted by atomic mass is 10.1. The maximum atomic E-state index is 10.7. The van der Waals surface area contributed by atoms with Gasteiger partial charge < -0.3 is 15.9 Å². The summed E-state index contributed by atoms with van der Waals surface area (Å²) >= 11 is 0. The molecule has 0 fully saturated rings. The van der Waals surface area contributed by atoms with Crippen LogP contribution < -0.4 is 5.73 Å². The number of hydrogen-bond donors (Lipinski definition) is 3. The van der Waals surface area contributed by atoms with Crippen LogP contribution in [0, 0.1) is 0 Å². The minimum atomic E-state index is -1.17. The highest BCUT2D eigenvalue weighted by molar-refractivity contribution is 5.95. The molecule has 80 valence electrons. The molecule has 0 amide bonds. The second-order valence-electron chi connectivity index (χ2n) is 2.87. The SMILES string of the molecule is NCCN=Cc1cccc(C(=O)O)c1O. The fraction of sp³-hybridized carbons (Fsp3) is 0.200. The number of aliphatic imine (C=N–C) groups is 1. The highest BCUT2D eigenvalue weighted by atomic mass is 16.4. The van der Waals surface area contributed by atoms with Crippen molar-refractivity contribution in [2.75, 3.05) is 13.1 Å². The largest absolute Gasteiger partial charge is 0.506 e. The monoisotopic (exact) mass is 208 g/mol. The summed E-state index contributed by atoms with van der Waals surface area (Å²) in [6.07, 6.45) is 1.41. The molecule has 0 saturated heterocycles. The van der Waals surface area contributed by atoms with Gasteiger partial charge in [-0.3, -0.25) is 4.99 Å². The smallest absolute Gasteiger partial charge is 0.339 e. The number of aromatic hydroxyl groups is 1. The number of carboxylic acids is 1. The van der Waals surface area contributed by atoms with Gasteiger partial charge in [0.05, 0.1) is 6.54 Å². The third-order valence-corrected chi connectivity index (χ3v) is 1.79. The van der Waals surface area contributed by atoms with E-state index < -0.39 is 5.97 Å². The van der Waals surface area contributed by atoms with Crippen molar-refractivity contribution in [2.45, 2.75) is 0 Å². The topological polar surface area (TPSA) is 95.9 Å². The van der Waals surface area contributed by atoms with Crippen LogP contribution >= 0.6 is 0 Å². The number of rotatable bonds is 4. The first-order valence-electron chi connectivity index (χ1n) is 4.42. The van der Waals surface area contributed by atoms with Crippen LogP contribution in [0.1, 0.15) is 15.9 Å². The van der Waals surface area contributed by atoms with Crippen LogP contribution in [-0.2, 0) is 0 Å². The maximum absolute atomic E-state index is 10.7. The molecule has 5 heteroatoms. The lowest BCUT2D eigenvalue weighted by Crippen LogP contribution is -2.03. The van der Waals surface area contributed by atoms with Crippen LogP contribution in [0.15, 0.2) is 23.2 Å². The van der Waals surface area contributed by atoms with Crippen molar-refractivity contribution in [1.29, 1.82) is 0 Å². The van der Waals surface area contributed by atoms with E-state index in [-0.39, 0.29) is 11.3 Å². The fourth-order valence-corrected chi connectivity index (χ4v) is 1.08. The maximum Gasteiger partial charge on any atom is 0.339 e. The number of carboxylic acid groups (broad SMARTS) is 1. The molecule has 15 heavy (non-hydrogen) atoms. The fourth-order valence-electron chi connectivity index (χ4n) is 1.08. The standard InChI is InChI=1S/C10H12N2O3/c11-4-5-12-6-7-2-1-3-8(9(7)13)10(14)15/h1-3,6,13H,4-5,11H2,(H,14,15). The zero-order chi connectivity index (χ0) is 11.3. The van der Waals surface area contributed by atoms with Crippen LogP contribution in [0.3, 0.4) is 0 Å². The molecule has 0 bridgehead atoms. The summed E-state index contributed by atoms with van der Waals surface area (Å²) in [5.74, 6) is -1.44. The Morgan fingerprint density at radius 1 is 1.53 bits per heavy atom. The summed E-state index contributed by atoms with van der Waals surface area (Å²) < 4.78 is 0. The molecule has 0 aliphatic rings. The Kier molecular flexibility index (Phi) is 3.82. The van der Waals surface area contributed by atoms with E-state index in [1.54, 1.807) is 12.1 Å². The molecule has 0 aromatic heterocycles. The number of phenols is 1. The van der Waals surface area contributed by atoms with E-state index in [0.717, 1.165) is 0 Å². The van der Waals surface area contributed by atoms with Crippen molar-refractivity contribution >= 4 is 12.2 Å². The summed E-state index contributed by atoms with van der Waals surface area (Å²) in [6, 6.07) is 4.46. The van der Waals surface area contributed by atoms with Crippen LogP contribution in [0.4, 0.5) is 0 Å². The average Bonchev–Trinajstić information content (AvgIpc) is 2.20.